The predicted octanol–water partition coefficient (Wildman–Crippen LogP) is 3.54. The van der Waals surface area contributed by atoms with Crippen LogP contribution in [-0.2, 0) is 0 Å². The molecule has 0 unspecified atom stereocenters. The van der Waals surface area contributed by atoms with Crippen molar-refractivity contribution in [2.24, 2.45) is 10.2 Å². The molecule has 6 nitrogen and oxygen atoms in total. The highest BCUT2D eigenvalue weighted by atomic mass is 32.1. The van der Waals surface area contributed by atoms with Gasteiger partial charge in [-0.3, -0.25) is 10.9 Å². The zero-order valence-electron chi connectivity index (χ0n) is 11.7. The second-order valence-corrected chi connectivity index (χ2v) is 4.38. The number of anilines is 2. The summed E-state index contributed by atoms with van der Waals surface area (Å²) in [7, 11) is 1.25. The maximum absolute atomic E-state index is 5.36. The Bertz CT molecular complexity index is 664. The molecule has 23 heavy (non-hydrogen) atoms. The van der Waals surface area contributed by atoms with Gasteiger partial charge in [-0.15, -0.1) is 10.2 Å². The first-order valence-corrected chi connectivity index (χ1v) is 7.14. The fourth-order valence-corrected chi connectivity index (χ4v) is 1.62. The Balaban J connectivity index is 1.80. The largest absolute Gasteiger partial charge is 0.658 e. The fraction of sp³-hybridized carbons (Fsp3) is 0. The smallest absolute Gasteiger partial charge is 0.526 e. The standard InChI is InChI=1S/C14H10BN4O2S2/c22-9-16-18-11-1-5-13(6-2-11)20-15-21-14-7-3-12(4-8-14)19-17-10-23/h1-8,18-19H. The number of benzene rings is 2. The van der Waals surface area contributed by atoms with Crippen molar-refractivity contribution in [3.8, 4) is 11.5 Å². The minimum atomic E-state index is 0.621. The molecule has 0 aliphatic rings. The van der Waals surface area contributed by atoms with Gasteiger partial charge < -0.3 is 9.31 Å². The number of hydrogen-bond donors (Lipinski definition) is 2. The molecule has 0 heterocycles. The van der Waals surface area contributed by atoms with Crippen molar-refractivity contribution in [1.29, 1.82) is 0 Å². The van der Waals surface area contributed by atoms with E-state index in [9.17, 15) is 0 Å². The van der Waals surface area contributed by atoms with E-state index in [0.717, 1.165) is 11.4 Å². The monoisotopic (exact) mass is 341 g/mol. The molecule has 0 fully saturated rings. The van der Waals surface area contributed by atoms with Gasteiger partial charge in [-0.25, -0.2) is 0 Å². The first-order chi connectivity index (χ1) is 11.3. The van der Waals surface area contributed by atoms with Crippen LogP contribution in [0.1, 0.15) is 0 Å². The molecule has 0 atom stereocenters. The summed E-state index contributed by atoms with van der Waals surface area (Å²) in [6.07, 6.45) is 0. The highest BCUT2D eigenvalue weighted by Crippen LogP contribution is 2.17. The molecule has 0 saturated carbocycles. The number of nitrogens with one attached hydrogen (secondary N) is 2. The van der Waals surface area contributed by atoms with E-state index in [4.69, 9.17) is 9.31 Å². The number of isothiocyanates is 2. The van der Waals surface area contributed by atoms with Crippen LogP contribution in [0.25, 0.3) is 0 Å². The molecule has 0 spiro atoms. The third kappa shape index (κ3) is 5.90. The van der Waals surface area contributed by atoms with E-state index in [1.807, 2.05) is 0 Å². The molecule has 0 aliphatic heterocycles. The number of thiocarbonyl (C=S) groups is 2. The Labute approximate surface area is 144 Å². The molecule has 113 valence electrons. The van der Waals surface area contributed by atoms with Crippen LogP contribution in [-0.4, -0.2) is 18.0 Å². The lowest BCUT2D eigenvalue weighted by Gasteiger charge is -2.07. The van der Waals surface area contributed by atoms with E-state index >= 15 is 0 Å². The van der Waals surface area contributed by atoms with E-state index in [2.05, 4.69) is 55.8 Å². The highest BCUT2D eigenvalue weighted by Gasteiger charge is 2.02. The summed E-state index contributed by atoms with van der Waals surface area (Å²) in [6.45, 7) is 0. The number of rotatable bonds is 8. The van der Waals surface area contributed by atoms with Crippen molar-refractivity contribution < 1.29 is 9.31 Å². The van der Waals surface area contributed by atoms with E-state index in [-0.39, 0.29) is 0 Å². The van der Waals surface area contributed by atoms with Gasteiger partial charge in [0.05, 0.1) is 21.7 Å². The molecular weight excluding hydrogens is 331 g/mol. The van der Waals surface area contributed by atoms with Gasteiger partial charge in [0.1, 0.15) is 11.5 Å². The molecule has 2 N–H and O–H groups in total. The van der Waals surface area contributed by atoms with Gasteiger partial charge in [-0.1, -0.05) is 0 Å². The first kappa shape index (κ1) is 16.7. The quantitative estimate of drug-likeness (QED) is 0.331. The van der Waals surface area contributed by atoms with Gasteiger partial charge in [-0.05, 0) is 73.0 Å². The highest BCUT2D eigenvalue weighted by molar-refractivity contribution is 7.78. The van der Waals surface area contributed by atoms with E-state index in [1.54, 1.807) is 48.5 Å². The maximum Gasteiger partial charge on any atom is 0.658 e. The summed E-state index contributed by atoms with van der Waals surface area (Å²) in [5.41, 5.74) is 6.97. The molecular formula is C14H10BN4O2S2. The van der Waals surface area contributed by atoms with Crippen LogP contribution in [0.15, 0.2) is 58.7 Å². The Morgan fingerprint density at radius 2 is 1.13 bits per heavy atom. The second kappa shape index (κ2) is 9.35. The maximum atomic E-state index is 5.36. The summed E-state index contributed by atoms with van der Waals surface area (Å²) in [5.74, 6) is 1.24. The SMILES string of the molecule is S=C=NNc1ccc(O[B]Oc2ccc(NN=C=S)cc2)cc1. The Morgan fingerprint density at radius 1 is 0.739 bits per heavy atom. The Hall–Kier alpha value is -2.70. The number of hydrogen-bond acceptors (Lipinski definition) is 8. The molecule has 9 heteroatoms. The zero-order valence-corrected chi connectivity index (χ0v) is 13.4. The molecule has 0 bridgehead atoms. The lowest BCUT2D eigenvalue weighted by molar-refractivity contribution is 0.459. The van der Waals surface area contributed by atoms with Crippen molar-refractivity contribution in [3.63, 3.8) is 0 Å². The predicted molar refractivity (Wildman–Crippen MR) is 97.2 cm³/mol. The van der Waals surface area contributed by atoms with E-state index in [0.29, 0.717) is 11.5 Å². The van der Waals surface area contributed by atoms with Crippen molar-refractivity contribution in [2.45, 2.75) is 0 Å². The molecule has 0 aromatic heterocycles. The van der Waals surface area contributed by atoms with Gasteiger partial charge in [0.15, 0.2) is 0 Å². The third-order valence-corrected chi connectivity index (χ3v) is 2.72. The van der Waals surface area contributed by atoms with Gasteiger partial charge in [0, 0.05) is 0 Å². The van der Waals surface area contributed by atoms with Gasteiger partial charge in [-0.2, -0.15) is 0 Å². The summed E-state index contributed by atoms with van der Waals surface area (Å²) in [6, 6.07) is 14.2. The van der Waals surface area contributed by atoms with Crippen LogP contribution in [0.3, 0.4) is 0 Å². The fourth-order valence-electron chi connectivity index (χ4n) is 1.53. The molecule has 2 aromatic carbocycles. The van der Waals surface area contributed by atoms with Gasteiger partial charge in [0.2, 0.25) is 0 Å². The van der Waals surface area contributed by atoms with Gasteiger partial charge >= 0.3 is 7.69 Å². The Kier molecular flexibility index (Phi) is 6.78. The summed E-state index contributed by atoms with van der Waals surface area (Å²) < 4.78 is 10.7. The Morgan fingerprint density at radius 3 is 1.48 bits per heavy atom. The molecule has 0 saturated heterocycles. The van der Waals surface area contributed by atoms with Crippen LogP contribution in [0.2, 0.25) is 0 Å². The van der Waals surface area contributed by atoms with Crippen LogP contribution in [0.5, 0.6) is 11.5 Å². The average molecular weight is 341 g/mol. The lowest BCUT2D eigenvalue weighted by Crippen LogP contribution is -2.10. The van der Waals surface area contributed by atoms with Crippen LogP contribution in [0, 0.1) is 0 Å². The topological polar surface area (TPSA) is 67.2 Å². The molecule has 0 aliphatic carbocycles. The van der Waals surface area contributed by atoms with Crippen molar-refractivity contribution in [3.05, 3.63) is 48.5 Å². The minimum Gasteiger partial charge on any atom is -0.526 e. The molecule has 2 aromatic rings. The molecule has 1 radical (unpaired) electrons. The summed E-state index contributed by atoms with van der Waals surface area (Å²) in [4.78, 5) is 0. The van der Waals surface area contributed by atoms with E-state index in [1.165, 1.54) is 7.69 Å². The molecule has 0 amide bonds. The van der Waals surface area contributed by atoms with E-state index < -0.39 is 0 Å². The third-order valence-electron chi connectivity index (χ3n) is 2.54. The average Bonchev–Trinajstić information content (AvgIpc) is 2.60. The second-order valence-electron chi connectivity index (χ2n) is 4.01. The first-order valence-electron chi connectivity index (χ1n) is 6.33. The minimum absolute atomic E-state index is 0.621. The van der Waals surface area contributed by atoms with Crippen molar-refractivity contribution in [2.75, 3.05) is 10.9 Å². The summed E-state index contributed by atoms with van der Waals surface area (Å²) in [5, 5.41) is 11.7. The number of nitrogens with zero attached hydrogens (tertiary/aromatic N) is 2. The summed E-state index contributed by atoms with van der Waals surface area (Å²) >= 11 is 8.93. The molecule has 2 rings (SSSR count). The van der Waals surface area contributed by atoms with Crippen LogP contribution < -0.4 is 20.2 Å². The van der Waals surface area contributed by atoms with Gasteiger partial charge in [0.25, 0.3) is 0 Å². The number of hydrazone groups is 2. The lowest BCUT2D eigenvalue weighted by atomic mass is 10.2. The van der Waals surface area contributed by atoms with Crippen molar-refractivity contribution in [1.82, 2.24) is 0 Å². The zero-order chi connectivity index (χ0) is 16.3. The van der Waals surface area contributed by atoms with Crippen molar-refractivity contribution >= 4 is 53.8 Å². The van der Waals surface area contributed by atoms with Crippen LogP contribution in [0.4, 0.5) is 11.4 Å². The van der Waals surface area contributed by atoms with Crippen LogP contribution >= 0.6 is 24.4 Å². The normalized spacial score (nSPS) is 8.87.